The van der Waals surface area contributed by atoms with E-state index in [-0.39, 0.29) is 31.3 Å². The minimum Gasteiger partial charge on any atom is -0.480 e. The Hall–Kier alpha value is -3.46. The van der Waals surface area contributed by atoms with E-state index in [2.05, 4.69) is 26.3 Å². The van der Waals surface area contributed by atoms with E-state index in [4.69, 9.17) is 22.9 Å². The van der Waals surface area contributed by atoms with Crippen molar-refractivity contribution in [2.75, 3.05) is 19.6 Å². The summed E-state index contributed by atoms with van der Waals surface area (Å²) in [6.07, 6.45) is 2.49. The third kappa shape index (κ3) is 11.8. The van der Waals surface area contributed by atoms with Crippen LogP contribution >= 0.6 is 0 Å². The molecule has 0 aromatic carbocycles. The second kappa shape index (κ2) is 16.3. The van der Waals surface area contributed by atoms with Gasteiger partial charge >= 0.3 is 5.97 Å². The summed E-state index contributed by atoms with van der Waals surface area (Å²) >= 11 is 0. The summed E-state index contributed by atoms with van der Waals surface area (Å²) in [6.45, 7) is 1.25. The number of guanidine groups is 1. The molecular weight excluding hydrogens is 474 g/mol. The molecule has 4 amide bonds. The monoisotopic (exact) mass is 513 g/mol. The number of hydrogen-bond acceptors (Lipinski definition) is 8. The molecule has 0 aromatic rings. The van der Waals surface area contributed by atoms with Crippen molar-refractivity contribution in [3.63, 3.8) is 0 Å². The number of aliphatic carboxylic acids is 1. The highest BCUT2D eigenvalue weighted by Crippen LogP contribution is 2.08. The quantitative estimate of drug-likeness (QED) is 0.0522. The molecule has 36 heavy (non-hydrogen) atoms. The van der Waals surface area contributed by atoms with Gasteiger partial charge in [0.05, 0.1) is 12.5 Å². The number of carboxylic acid groups (broad SMARTS) is 1. The molecule has 0 spiro atoms. The molecule has 13 N–H and O–H groups in total. The van der Waals surface area contributed by atoms with Crippen molar-refractivity contribution in [2.45, 2.75) is 75.5 Å². The predicted molar refractivity (Wildman–Crippen MR) is 131 cm³/mol. The molecule has 1 aliphatic heterocycles. The number of primary amides is 1. The van der Waals surface area contributed by atoms with Crippen molar-refractivity contribution in [1.82, 2.24) is 21.3 Å². The molecule has 4 unspecified atom stereocenters. The summed E-state index contributed by atoms with van der Waals surface area (Å²) in [5.74, 6) is -4.26. The molecule has 0 saturated carbocycles. The molecule has 1 fully saturated rings. The number of carbonyl (C=O) groups is 5. The Morgan fingerprint density at radius 3 is 2.11 bits per heavy atom. The molecule has 0 radical (unpaired) electrons. The summed E-state index contributed by atoms with van der Waals surface area (Å²) in [5.41, 5.74) is 21.3. The van der Waals surface area contributed by atoms with Gasteiger partial charge in [0.25, 0.3) is 0 Å². The Bertz CT molecular complexity index is 797. The van der Waals surface area contributed by atoms with Gasteiger partial charge in [-0.1, -0.05) is 0 Å². The first kappa shape index (κ1) is 30.6. The van der Waals surface area contributed by atoms with Gasteiger partial charge in [0.1, 0.15) is 18.1 Å². The molecule has 1 heterocycles. The van der Waals surface area contributed by atoms with Gasteiger partial charge < -0.3 is 49.3 Å². The zero-order chi connectivity index (χ0) is 27.1. The third-order valence-corrected chi connectivity index (χ3v) is 5.55. The lowest BCUT2D eigenvalue weighted by atomic mass is 10.1. The zero-order valence-corrected chi connectivity index (χ0v) is 20.3. The van der Waals surface area contributed by atoms with Crippen LogP contribution in [0.5, 0.6) is 0 Å². The molecule has 1 rings (SSSR count). The van der Waals surface area contributed by atoms with Crippen molar-refractivity contribution in [2.24, 2.45) is 27.9 Å². The Morgan fingerprint density at radius 2 is 1.56 bits per heavy atom. The third-order valence-electron chi connectivity index (χ3n) is 5.55. The van der Waals surface area contributed by atoms with Crippen LogP contribution in [0.2, 0.25) is 0 Å². The molecule has 0 aromatic heterocycles. The lowest BCUT2D eigenvalue weighted by molar-refractivity contribution is -0.142. The van der Waals surface area contributed by atoms with Crippen LogP contribution in [0, 0.1) is 0 Å². The van der Waals surface area contributed by atoms with E-state index in [0.717, 1.165) is 6.42 Å². The van der Waals surface area contributed by atoms with E-state index in [0.29, 0.717) is 38.8 Å². The second-order valence-electron chi connectivity index (χ2n) is 8.57. The summed E-state index contributed by atoms with van der Waals surface area (Å²) in [7, 11) is 0. The average Bonchev–Trinajstić information content (AvgIpc) is 3.34. The number of carboxylic acids is 1. The van der Waals surface area contributed by atoms with Gasteiger partial charge in [0.2, 0.25) is 23.6 Å². The SMILES string of the molecule is NCCCCC(NC(=O)C(CC(N)=O)NC(=O)C(CCCN=C(N)N)NC(=O)C1CCCN1)C(=O)O. The van der Waals surface area contributed by atoms with Gasteiger partial charge in [0.15, 0.2) is 5.96 Å². The lowest BCUT2D eigenvalue weighted by Gasteiger charge is -2.24. The normalized spacial score (nSPS) is 17.3. The molecule has 1 saturated heterocycles. The summed E-state index contributed by atoms with van der Waals surface area (Å²) < 4.78 is 0. The molecule has 1 aliphatic rings. The van der Waals surface area contributed by atoms with E-state index >= 15 is 0 Å². The van der Waals surface area contributed by atoms with E-state index < -0.39 is 54.3 Å². The highest BCUT2D eigenvalue weighted by molar-refractivity contribution is 5.96. The largest absolute Gasteiger partial charge is 0.480 e. The minimum atomic E-state index is -1.44. The molecule has 0 bridgehead atoms. The summed E-state index contributed by atoms with van der Waals surface area (Å²) in [6, 6.07) is -4.18. The van der Waals surface area contributed by atoms with Crippen molar-refractivity contribution in [3.8, 4) is 0 Å². The second-order valence-corrected chi connectivity index (χ2v) is 8.57. The van der Waals surface area contributed by atoms with Gasteiger partial charge in [-0.05, 0) is 58.0 Å². The maximum atomic E-state index is 13.1. The molecule has 0 aliphatic carbocycles. The van der Waals surface area contributed by atoms with Crippen LogP contribution < -0.4 is 44.2 Å². The Balaban J connectivity index is 2.93. The van der Waals surface area contributed by atoms with Crippen molar-refractivity contribution >= 4 is 35.6 Å². The Kier molecular flexibility index (Phi) is 13.8. The first-order valence-corrected chi connectivity index (χ1v) is 12.0. The number of rotatable bonds is 17. The minimum absolute atomic E-state index is 0.118. The molecule has 4 atom stereocenters. The summed E-state index contributed by atoms with van der Waals surface area (Å²) in [5, 5.41) is 19.9. The van der Waals surface area contributed by atoms with Gasteiger partial charge in [-0.15, -0.1) is 0 Å². The molecule has 15 heteroatoms. The first-order valence-electron chi connectivity index (χ1n) is 12.0. The average molecular weight is 514 g/mol. The van der Waals surface area contributed by atoms with Crippen molar-refractivity contribution in [1.29, 1.82) is 0 Å². The van der Waals surface area contributed by atoms with Crippen LogP contribution in [-0.4, -0.2) is 84.5 Å². The fourth-order valence-electron chi connectivity index (χ4n) is 3.66. The van der Waals surface area contributed by atoms with Gasteiger partial charge in [-0.25, -0.2) is 4.79 Å². The number of amides is 4. The van der Waals surface area contributed by atoms with Crippen LogP contribution in [-0.2, 0) is 24.0 Å². The fourth-order valence-corrected chi connectivity index (χ4v) is 3.66. The number of aliphatic imine (C=N–C) groups is 1. The molecule has 15 nitrogen and oxygen atoms in total. The smallest absolute Gasteiger partial charge is 0.326 e. The maximum absolute atomic E-state index is 13.1. The van der Waals surface area contributed by atoms with Crippen LogP contribution in [0.15, 0.2) is 4.99 Å². The van der Waals surface area contributed by atoms with E-state index in [1.54, 1.807) is 0 Å². The number of nitrogens with two attached hydrogens (primary N) is 4. The van der Waals surface area contributed by atoms with Crippen molar-refractivity contribution in [3.05, 3.63) is 0 Å². The molecule has 204 valence electrons. The van der Waals surface area contributed by atoms with Gasteiger partial charge in [0, 0.05) is 6.54 Å². The number of nitrogens with one attached hydrogen (secondary N) is 4. The fraction of sp³-hybridized carbons (Fsp3) is 0.714. The first-order chi connectivity index (χ1) is 17.0. The number of carbonyl (C=O) groups excluding carboxylic acids is 4. The van der Waals surface area contributed by atoms with Gasteiger partial charge in [-0.2, -0.15) is 0 Å². The van der Waals surface area contributed by atoms with E-state index in [9.17, 15) is 29.1 Å². The van der Waals surface area contributed by atoms with Gasteiger partial charge in [-0.3, -0.25) is 24.2 Å². The van der Waals surface area contributed by atoms with E-state index in [1.807, 2.05) is 0 Å². The molecular formula is C21H39N9O6. The summed E-state index contributed by atoms with van der Waals surface area (Å²) in [4.78, 5) is 65.4. The predicted octanol–water partition coefficient (Wildman–Crippen LogP) is -3.66. The van der Waals surface area contributed by atoms with Crippen LogP contribution in [0.25, 0.3) is 0 Å². The topological polar surface area (TPSA) is 270 Å². The highest BCUT2D eigenvalue weighted by Gasteiger charge is 2.32. The Labute approximate surface area is 209 Å². The highest BCUT2D eigenvalue weighted by atomic mass is 16.4. The standard InChI is InChI=1S/C21H39N9O6/c22-8-2-1-5-14(20(35)36)29-19(34)15(11-16(23)31)30-18(33)13(7-4-10-27-21(24)25)28-17(32)12-6-3-9-26-12/h12-15,26H,1-11,22H2,(H2,23,31)(H,28,32)(H,29,34)(H,30,33)(H,35,36)(H4,24,25,27). The number of hydrogen-bond donors (Lipinski definition) is 9. The lowest BCUT2D eigenvalue weighted by Crippen LogP contribution is -2.57. The number of unbranched alkanes of at least 4 members (excludes halogenated alkanes) is 1. The zero-order valence-electron chi connectivity index (χ0n) is 20.3. The number of nitrogens with zero attached hydrogens (tertiary/aromatic N) is 1. The van der Waals surface area contributed by atoms with Crippen LogP contribution in [0.3, 0.4) is 0 Å². The Morgan fingerprint density at radius 1 is 0.917 bits per heavy atom. The maximum Gasteiger partial charge on any atom is 0.326 e. The van der Waals surface area contributed by atoms with Crippen molar-refractivity contribution < 1.29 is 29.1 Å². The van der Waals surface area contributed by atoms with Crippen LogP contribution in [0.4, 0.5) is 0 Å². The van der Waals surface area contributed by atoms with E-state index in [1.165, 1.54) is 0 Å². The van der Waals surface area contributed by atoms with Crippen LogP contribution in [0.1, 0.15) is 51.4 Å².